The number of hydrogen-bond acceptors (Lipinski definition) is 1. The molecule has 1 aromatic carbocycles. The predicted molar refractivity (Wildman–Crippen MR) is 90.7 cm³/mol. The number of quaternary nitrogens is 1. The largest absolute Gasteiger partial charge is 0.348 e. The average molecular weight is 303 g/mol. The minimum atomic E-state index is -0.0437. The summed E-state index contributed by atoms with van der Waals surface area (Å²) < 4.78 is 0. The maximum Gasteiger partial charge on any atom is 0.278 e. The van der Waals surface area contributed by atoms with Crippen molar-refractivity contribution >= 4 is 5.91 Å². The molecule has 0 aliphatic heterocycles. The molecule has 3 nitrogen and oxygen atoms in total. The molecule has 0 bridgehead atoms. The molecule has 1 fully saturated rings. The summed E-state index contributed by atoms with van der Waals surface area (Å²) in [6, 6.07) is 9.60. The smallest absolute Gasteiger partial charge is 0.278 e. The lowest BCUT2D eigenvalue weighted by Crippen LogP contribution is -2.93. The number of benzene rings is 1. The second-order valence-electron chi connectivity index (χ2n) is 7.36. The van der Waals surface area contributed by atoms with Crippen molar-refractivity contribution in [2.24, 2.45) is 5.92 Å². The Hall–Kier alpha value is -1.35. The van der Waals surface area contributed by atoms with E-state index in [0.29, 0.717) is 23.9 Å². The first-order chi connectivity index (χ1) is 10.4. The highest BCUT2D eigenvalue weighted by Gasteiger charge is 2.30. The van der Waals surface area contributed by atoms with Crippen LogP contribution in [0.5, 0.6) is 0 Å². The van der Waals surface area contributed by atoms with Crippen LogP contribution in [-0.4, -0.2) is 18.0 Å². The number of nitrogens with one attached hydrogen (secondary N) is 1. The van der Waals surface area contributed by atoms with Crippen molar-refractivity contribution in [2.45, 2.75) is 71.5 Å². The SMILES string of the molecule is CC(C)c1ccc([C@@H]([NH2+][C@@H](C)C(=O)NC2CC2)C(C)C)cc1. The summed E-state index contributed by atoms with van der Waals surface area (Å²) in [7, 11) is 0. The molecule has 0 aromatic heterocycles. The van der Waals surface area contributed by atoms with Gasteiger partial charge < -0.3 is 10.6 Å². The molecule has 22 heavy (non-hydrogen) atoms. The first-order valence-corrected chi connectivity index (χ1v) is 8.63. The normalized spacial score (nSPS) is 17.6. The lowest BCUT2D eigenvalue weighted by Gasteiger charge is -2.23. The standard InChI is InChI=1S/C19H30N2O/c1-12(2)15-6-8-16(9-7-15)18(13(3)4)20-14(5)19(22)21-17-10-11-17/h6-9,12-14,17-18,20H,10-11H2,1-5H3,(H,21,22)/p+1/t14-,18-/m0/s1. The van der Waals surface area contributed by atoms with Gasteiger partial charge in [0, 0.05) is 17.5 Å². The molecule has 1 saturated carbocycles. The minimum absolute atomic E-state index is 0.0437. The molecule has 122 valence electrons. The molecule has 0 unspecified atom stereocenters. The van der Waals surface area contributed by atoms with Crippen LogP contribution < -0.4 is 10.6 Å². The van der Waals surface area contributed by atoms with Gasteiger partial charge in [0.25, 0.3) is 5.91 Å². The summed E-state index contributed by atoms with van der Waals surface area (Å²) in [5.74, 6) is 1.21. The predicted octanol–water partition coefficient (Wildman–Crippen LogP) is 2.74. The van der Waals surface area contributed by atoms with Gasteiger partial charge in [0.1, 0.15) is 6.04 Å². The molecule has 0 spiro atoms. The average Bonchev–Trinajstić information content (AvgIpc) is 3.28. The van der Waals surface area contributed by atoms with Crippen molar-refractivity contribution in [2.75, 3.05) is 0 Å². The zero-order valence-corrected chi connectivity index (χ0v) is 14.6. The zero-order chi connectivity index (χ0) is 16.3. The molecule has 0 heterocycles. The van der Waals surface area contributed by atoms with Crippen LogP contribution >= 0.6 is 0 Å². The van der Waals surface area contributed by atoms with Gasteiger partial charge in [0.05, 0.1) is 0 Å². The Bertz CT molecular complexity index is 489. The Balaban J connectivity index is 2.03. The van der Waals surface area contributed by atoms with E-state index in [0.717, 1.165) is 12.8 Å². The van der Waals surface area contributed by atoms with Crippen LogP contribution in [-0.2, 0) is 4.79 Å². The van der Waals surface area contributed by atoms with Crippen LogP contribution in [0.15, 0.2) is 24.3 Å². The lowest BCUT2D eigenvalue weighted by atomic mass is 9.93. The fourth-order valence-electron chi connectivity index (χ4n) is 2.78. The summed E-state index contributed by atoms with van der Waals surface area (Å²) in [6.07, 6.45) is 2.28. The quantitative estimate of drug-likeness (QED) is 0.799. The van der Waals surface area contributed by atoms with Crippen molar-refractivity contribution in [1.82, 2.24) is 5.32 Å². The fourth-order valence-corrected chi connectivity index (χ4v) is 2.78. The molecule has 3 N–H and O–H groups in total. The second kappa shape index (κ2) is 7.28. The molecule has 1 aliphatic carbocycles. The molecular formula is C19H31N2O+. The summed E-state index contributed by atoms with van der Waals surface area (Å²) in [6.45, 7) is 10.9. The number of carbonyl (C=O) groups excluding carboxylic acids is 1. The van der Waals surface area contributed by atoms with Crippen LogP contribution in [0.3, 0.4) is 0 Å². The van der Waals surface area contributed by atoms with Gasteiger partial charge in [-0.3, -0.25) is 4.79 Å². The summed E-state index contributed by atoms with van der Waals surface area (Å²) in [5.41, 5.74) is 2.68. The highest BCUT2D eigenvalue weighted by Crippen LogP contribution is 2.22. The Morgan fingerprint density at radius 2 is 1.59 bits per heavy atom. The van der Waals surface area contributed by atoms with E-state index in [1.807, 2.05) is 6.92 Å². The van der Waals surface area contributed by atoms with E-state index in [-0.39, 0.29) is 11.9 Å². The maximum absolute atomic E-state index is 12.2. The topological polar surface area (TPSA) is 45.7 Å². The molecule has 0 saturated heterocycles. The van der Waals surface area contributed by atoms with E-state index in [2.05, 4.69) is 62.6 Å². The number of amides is 1. The molecule has 2 rings (SSSR count). The summed E-state index contributed by atoms with van der Waals surface area (Å²) >= 11 is 0. The number of carbonyl (C=O) groups is 1. The van der Waals surface area contributed by atoms with Crippen LogP contribution in [0.25, 0.3) is 0 Å². The van der Waals surface area contributed by atoms with Crippen LogP contribution in [0.4, 0.5) is 0 Å². The highest BCUT2D eigenvalue weighted by molar-refractivity contribution is 5.80. The van der Waals surface area contributed by atoms with Crippen molar-refractivity contribution in [3.63, 3.8) is 0 Å². The first kappa shape index (κ1) is 17.0. The van der Waals surface area contributed by atoms with E-state index in [9.17, 15) is 4.79 Å². The van der Waals surface area contributed by atoms with E-state index in [4.69, 9.17) is 0 Å². The molecule has 2 atom stereocenters. The zero-order valence-electron chi connectivity index (χ0n) is 14.6. The maximum atomic E-state index is 12.2. The first-order valence-electron chi connectivity index (χ1n) is 8.63. The van der Waals surface area contributed by atoms with Crippen molar-refractivity contribution in [1.29, 1.82) is 0 Å². The molecular weight excluding hydrogens is 272 g/mol. The van der Waals surface area contributed by atoms with Crippen LogP contribution in [0.1, 0.15) is 70.5 Å². The molecule has 1 amide bonds. The van der Waals surface area contributed by atoms with E-state index in [1.165, 1.54) is 11.1 Å². The molecule has 1 aliphatic rings. The van der Waals surface area contributed by atoms with Crippen LogP contribution in [0, 0.1) is 5.92 Å². The summed E-state index contributed by atoms with van der Waals surface area (Å²) in [5, 5.41) is 5.32. The number of hydrogen-bond donors (Lipinski definition) is 2. The second-order valence-corrected chi connectivity index (χ2v) is 7.36. The number of nitrogens with two attached hydrogens (primary N) is 1. The molecule has 1 aromatic rings. The van der Waals surface area contributed by atoms with Gasteiger partial charge in [-0.2, -0.15) is 0 Å². The van der Waals surface area contributed by atoms with E-state index < -0.39 is 0 Å². The van der Waals surface area contributed by atoms with Gasteiger partial charge in [-0.1, -0.05) is 52.0 Å². The highest BCUT2D eigenvalue weighted by atomic mass is 16.2. The summed E-state index contributed by atoms with van der Waals surface area (Å²) in [4.78, 5) is 12.2. The Morgan fingerprint density at radius 1 is 1.05 bits per heavy atom. The third-order valence-electron chi connectivity index (χ3n) is 4.54. The molecule has 3 heteroatoms. The van der Waals surface area contributed by atoms with E-state index >= 15 is 0 Å². The lowest BCUT2D eigenvalue weighted by molar-refractivity contribution is -0.719. The third kappa shape index (κ3) is 4.57. The van der Waals surface area contributed by atoms with Crippen molar-refractivity contribution < 1.29 is 10.1 Å². The van der Waals surface area contributed by atoms with Gasteiger partial charge in [-0.05, 0) is 31.2 Å². The van der Waals surface area contributed by atoms with Gasteiger partial charge in [0.15, 0.2) is 6.04 Å². The minimum Gasteiger partial charge on any atom is -0.348 e. The third-order valence-corrected chi connectivity index (χ3v) is 4.54. The molecule has 0 radical (unpaired) electrons. The van der Waals surface area contributed by atoms with E-state index in [1.54, 1.807) is 0 Å². The van der Waals surface area contributed by atoms with Crippen molar-refractivity contribution in [3.05, 3.63) is 35.4 Å². The Kier molecular flexibility index (Phi) is 5.63. The van der Waals surface area contributed by atoms with Gasteiger partial charge in [-0.25, -0.2) is 0 Å². The Labute approximate surface area is 134 Å². The van der Waals surface area contributed by atoms with Crippen molar-refractivity contribution in [3.8, 4) is 0 Å². The van der Waals surface area contributed by atoms with Crippen LogP contribution in [0.2, 0.25) is 0 Å². The van der Waals surface area contributed by atoms with Gasteiger partial charge in [0.2, 0.25) is 0 Å². The van der Waals surface area contributed by atoms with Gasteiger partial charge >= 0.3 is 0 Å². The van der Waals surface area contributed by atoms with Gasteiger partial charge in [-0.15, -0.1) is 0 Å². The fraction of sp³-hybridized carbons (Fsp3) is 0.632. The number of rotatable bonds is 7. The Morgan fingerprint density at radius 3 is 2.05 bits per heavy atom. The monoisotopic (exact) mass is 303 g/mol.